The van der Waals surface area contributed by atoms with Crippen LogP contribution in [0.25, 0.3) is 0 Å². The molecule has 0 spiro atoms. The smallest absolute Gasteiger partial charge is 0.147 e. The van der Waals surface area contributed by atoms with Crippen molar-refractivity contribution in [3.63, 3.8) is 0 Å². The van der Waals surface area contributed by atoms with E-state index in [0.29, 0.717) is 5.02 Å². The van der Waals surface area contributed by atoms with Crippen LogP contribution in [0, 0.1) is 0 Å². The lowest BCUT2D eigenvalue weighted by molar-refractivity contribution is 0.464. The van der Waals surface area contributed by atoms with Gasteiger partial charge in [-0.05, 0) is 26.8 Å². The lowest BCUT2D eigenvalue weighted by atomic mass is 10.1. The molecular weight excluding hydrogens is 264 g/mol. The van der Waals surface area contributed by atoms with Crippen molar-refractivity contribution in [1.29, 1.82) is 0 Å². The van der Waals surface area contributed by atoms with Gasteiger partial charge in [-0.2, -0.15) is 10.2 Å². The summed E-state index contributed by atoms with van der Waals surface area (Å²) in [4.78, 5) is 4.24. The van der Waals surface area contributed by atoms with E-state index in [4.69, 9.17) is 11.6 Å². The van der Waals surface area contributed by atoms with E-state index in [1.807, 2.05) is 4.68 Å². The van der Waals surface area contributed by atoms with Crippen LogP contribution in [0.4, 0.5) is 0 Å². The number of rotatable bonds is 6. The number of hydrogen-bond acceptors (Lipinski definition) is 4. The van der Waals surface area contributed by atoms with E-state index >= 15 is 0 Å². The lowest BCUT2D eigenvalue weighted by Crippen LogP contribution is -2.27. The highest BCUT2D eigenvalue weighted by Gasteiger charge is 2.24. The van der Waals surface area contributed by atoms with E-state index in [1.165, 1.54) is 6.33 Å². The van der Waals surface area contributed by atoms with Crippen LogP contribution in [0.5, 0.6) is 0 Å². The predicted octanol–water partition coefficient (Wildman–Crippen LogP) is 2.32. The number of H-pyrrole nitrogens is 1. The van der Waals surface area contributed by atoms with Crippen molar-refractivity contribution in [3.05, 3.63) is 29.1 Å². The second-order valence-electron chi connectivity index (χ2n) is 4.67. The molecule has 19 heavy (non-hydrogen) atoms. The summed E-state index contributed by atoms with van der Waals surface area (Å²) in [5.41, 5.74) is 0.918. The van der Waals surface area contributed by atoms with Crippen molar-refractivity contribution >= 4 is 11.6 Å². The van der Waals surface area contributed by atoms with Gasteiger partial charge >= 0.3 is 0 Å². The Morgan fingerprint density at radius 3 is 2.84 bits per heavy atom. The van der Waals surface area contributed by atoms with Crippen LogP contribution < -0.4 is 5.32 Å². The maximum atomic E-state index is 6.29. The fourth-order valence-electron chi connectivity index (χ4n) is 2.00. The Balaban J connectivity index is 2.40. The number of aromatic nitrogens is 5. The zero-order chi connectivity index (χ0) is 13.8. The maximum Gasteiger partial charge on any atom is 0.147 e. The predicted molar refractivity (Wildman–Crippen MR) is 74.1 cm³/mol. The van der Waals surface area contributed by atoms with Gasteiger partial charge in [0.1, 0.15) is 18.2 Å². The first-order valence-electron chi connectivity index (χ1n) is 6.46. The van der Waals surface area contributed by atoms with Crippen molar-refractivity contribution in [2.45, 2.75) is 39.3 Å². The van der Waals surface area contributed by atoms with Crippen LogP contribution in [0.2, 0.25) is 5.02 Å². The fraction of sp³-hybridized carbons (Fsp3) is 0.583. The Hall–Kier alpha value is -1.40. The normalized spacial score (nSPS) is 13.1. The molecule has 0 fully saturated rings. The number of hydrogen-bond donors (Lipinski definition) is 2. The zero-order valence-corrected chi connectivity index (χ0v) is 12.1. The van der Waals surface area contributed by atoms with Crippen molar-refractivity contribution in [1.82, 2.24) is 30.3 Å². The third kappa shape index (κ3) is 2.96. The van der Waals surface area contributed by atoms with Gasteiger partial charge in [-0.25, -0.2) is 4.98 Å². The van der Waals surface area contributed by atoms with Gasteiger partial charge in [-0.3, -0.25) is 9.78 Å². The van der Waals surface area contributed by atoms with Crippen molar-refractivity contribution in [3.8, 4) is 0 Å². The van der Waals surface area contributed by atoms with Crippen molar-refractivity contribution in [2.24, 2.45) is 0 Å². The van der Waals surface area contributed by atoms with Gasteiger partial charge in [0.2, 0.25) is 0 Å². The Bertz CT molecular complexity index is 504. The highest BCUT2D eigenvalue weighted by Crippen LogP contribution is 2.28. The molecule has 0 radical (unpaired) electrons. The van der Waals surface area contributed by atoms with E-state index in [0.717, 1.165) is 24.5 Å². The van der Waals surface area contributed by atoms with Crippen LogP contribution in [-0.2, 0) is 0 Å². The van der Waals surface area contributed by atoms with Gasteiger partial charge in [0.15, 0.2) is 0 Å². The second kappa shape index (κ2) is 6.16. The zero-order valence-electron chi connectivity index (χ0n) is 11.4. The van der Waals surface area contributed by atoms with Crippen molar-refractivity contribution < 1.29 is 0 Å². The summed E-state index contributed by atoms with van der Waals surface area (Å²) in [6.07, 6.45) is 4.20. The highest BCUT2D eigenvalue weighted by molar-refractivity contribution is 6.31. The molecule has 0 amide bonds. The first-order valence-corrected chi connectivity index (χ1v) is 6.84. The topological polar surface area (TPSA) is 71.4 Å². The van der Waals surface area contributed by atoms with E-state index in [1.54, 1.807) is 6.20 Å². The van der Waals surface area contributed by atoms with Gasteiger partial charge in [-0.15, -0.1) is 0 Å². The molecule has 0 aromatic carbocycles. The van der Waals surface area contributed by atoms with Gasteiger partial charge in [0.25, 0.3) is 0 Å². The summed E-state index contributed by atoms with van der Waals surface area (Å²) in [6, 6.07) is 0.108. The monoisotopic (exact) mass is 282 g/mol. The van der Waals surface area contributed by atoms with Crippen molar-refractivity contribution in [2.75, 3.05) is 6.54 Å². The summed E-state index contributed by atoms with van der Waals surface area (Å²) in [6.45, 7) is 7.13. The molecule has 0 aliphatic rings. The Morgan fingerprint density at radius 2 is 2.26 bits per heavy atom. The number of nitrogens with zero attached hydrogens (tertiary/aromatic N) is 4. The van der Waals surface area contributed by atoms with Crippen LogP contribution in [0.3, 0.4) is 0 Å². The van der Waals surface area contributed by atoms with Gasteiger partial charge < -0.3 is 5.32 Å². The number of halogens is 1. The molecule has 2 aromatic rings. The maximum absolute atomic E-state index is 6.29. The molecule has 6 nitrogen and oxygen atoms in total. The third-order valence-electron chi connectivity index (χ3n) is 2.86. The standard InChI is InChI=1S/C12H19ClN6/c1-4-5-14-10(12-15-7-16-18-12)11-9(13)6-17-19(11)8(2)3/h6-8,10,14H,4-5H2,1-3H3,(H,15,16,18). The molecule has 7 heteroatoms. The Kier molecular flexibility index (Phi) is 4.55. The van der Waals surface area contributed by atoms with Crippen LogP contribution >= 0.6 is 11.6 Å². The summed E-state index contributed by atoms with van der Waals surface area (Å²) in [7, 11) is 0. The first kappa shape index (κ1) is 14.0. The minimum absolute atomic E-state index is 0.125. The molecule has 0 saturated carbocycles. The summed E-state index contributed by atoms with van der Waals surface area (Å²) >= 11 is 6.29. The second-order valence-corrected chi connectivity index (χ2v) is 5.08. The Morgan fingerprint density at radius 1 is 1.47 bits per heavy atom. The van der Waals surface area contributed by atoms with Gasteiger partial charge in [0.05, 0.1) is 16.9 Å². The van der Waals surface area contributed by atoms with E-state index in [2.05, 4.69) is 46.4 Å². The fourth-order valence-corrected chi connectivity index (χ4v) is 2.24. The van der Waals surface area contributed by atoms with Gasteiger partial charge in [-0.1, -0.05) is 18.5 Å². The molecule has 1 unspecified atom stereocenters. The van der Waals surface area contributed by atoms with E-state index in [-0.39, 0.29) is 12.1 Å². The molecule has 104 valence electrons. The molecule has 1 atom stereocenters. The van der Waals surface area contributed by atoms with Crippen LogP contribution in [0.1, 0.15) is 50.8 Å². The summed E-state index contributed by atoms with van der Waals surface area (Å²) < 4.78 is 1.91. The molecule has 0 bridgehead atoms. The lowest BCUT2D eigenvalue weighted by Gasteiger charge is -2.20. The quantitative estimate of drug-likeness (QED) is 0.853. The minimum Gasteiger partial charge on any atom is -0.302 e. The Labute approximate surface area is 117 Å². The molecule has 2 rings (SSSR count). The minimum atomic E-state index is -0.125. The summed E-state index contributed by atoms with van der Waals surface area (Å²) in [5, 5.41) is 15.2. The van der Waals surface area contributed by atoms with Gasteiger partial charge in [0, 0.05) is 6.04 Å². The van der Waals surface area contributed by atoms with E-state index < -0.39 is 0 Å². The van der Waals surface area contributed by atoms with Crippen LogP contribution in [-0.4, -0.2) is 31.5 Å². The molecule has 0 saturated heterocycles. The number of aromatic amines is 1. The molecule has 0 aliphatic heterocycles. The molecular formula is C12H19ClN6. The van der Waals surface area contributed by atoms with Crippen LogP contribution in [0.15, 0.2) is 12.5 Å². The average Bonchev–Trinajstić information content (AvgIpc) is 3.01. The number of nitrogens with one attached hydrogen (secondary N) is 2. The molecule has 2 heterocycles. The highest BCUT2D eigenvalue weighted by atomic mass is 35.5. The van der Waals surface area contributed by atoms with E-state index in [9.17, 15) is 0 Å². The summed E-state index contributed by atoms with van der Waals surface area (Å²) in [5.74, 6) is 0.748. The largest absolute Gasteiger partial charge is 0.302 e. The first-order chi connectivity index (χ1) is 9.15. The molecule has 0 aliphatic carbocycles. The molecule has 2 aromatic heterocycles. The SMILES string of the molecule is CCCNC(c1ncn[nH]1)c1c(Cl)cnn1C(C)C. The third-order valence-corrected chi connectivity index (χ3v) is 3.15. The average molecular weight is 283 g/mol. The molecule has 2 N–H and O–H groups in total.